The van der Waals surface area contributed by atoms with Crippen LogP contribution in [0.5, 0.6) is 0 Å². The third-order valence-electron chi connectivity index (χ3n) is 1.77. The van der Waals surface area contributed by atoms with E-state index < -0.39 is 10.7 Å². The summed E-state index contributed by atoms with van der Waals surface area (Å²) in [5.74, 6) is -0.769. The molecule has 4 heteroatoms. The quantitative estimate of drug-likeness (QED) is 0.773. The van der Waals surface area contributed by atoms with E-state index in [0.29, 0.717) is 13.0 Å². The van der Waals surface area contributed by atoms with Crippen molar-refractivity contribution in [1.82, 2.24) is 0 Å². The van der Waals surface area contributed by atoms with Gasteiger partial charge in [-0.3, -0.25) is 4.79 Å². The van der Waals surface area contributed by atoms with Crippen LogP contribution in [0.15, 0.2) is 0 Å². The van der Waals surface area contributed by atoms with Gasteiger partial charge in [-0.05, 0) is 13.3 Å². The van der Waals surface area contributed by atoms with Gasteiger partial charge in [0.25, 0.3) is 0 Å². The number of carbonyl (C=O) groups is 1. The molecular formula is C10H20O3S. The molecule has 1 unspecified atom stereocenters. The molecule has 0 aromatic rings. The molecule has 1 N–H and O–H groups in total. The van der Waals surface area contributed by atoms with E-state index in [1.807, 2.05) is 20.8 Å². The van der Waals surface area contributed by atoms with E-state index in [4.69, 9.17) is 9.84 Å². The van der Waals surface area contributed by atoms with Crippen LogP contribution in [-0.2, 0) is 9.53 Å². The minimum Gasteiger partial charge on any atom is -0.480 e. The average molecular weight is 220 g/mol. The van der Waals surface area contributed by atoms with Gasteiger partial charge in [-0.1, -0.05) is 20.8 Å². The normalized spacial score (nSPS) is 16.4. The van der Waals surface area contributed by atoms with Gasteiger partial charge < -0.3 is 9.84 Å². The van der Waals surface area contributed by atoms with Gasteiger partial charge in [0.2, 0.25) is 0 Å². The van der Waals surface area contributed by atoms with Gasteiger partial charge in [-0.25, -0.2) is 0 Å². The van der Waals surface area contributed by atoms with Crippen LogP contribution in [0.25, 0.3) is 0 Å². The number of carboxylic acids is 1. The largest absolute Gasteiger partial charge is 0.480 e. The molecule has 0 aromatic heterocycles. The van der Waals surface area contributed by atoms with Gasteiger partial charge in [0.05, 0.1) is 0 Å². The van der Waals surface area contributed by atoms with E-state index in [9.17, 15) is 4.79 Å². The second-order valence-corrected chi connectivity index (χ2v) is 6.82. The van der Waals surface area contributed by atoms with Crippen molar-refractivity contribution in [2.24, 2.45) is 0 Å². The zero-order valence-corrected chi connectivity index (χ0v) is 10.4. The molecule has 0 aliphatic carbocycles. The summed E-state index contributed by atoms with van der Waals surface area (Å²) in [6.07, 6.45) is 0.529. The number of aliphatic carboxylic acids is 1. The highest BCUT2D eigenvalue weighted by atomic mass is 32.2. The van der Waals surface area contributed by atoms with Crippen LogP contribution < -0.4 is 0 Å². The first-order chi connectivity index (χ1) is 6.21. The summed E-state index contributed by atoms with van der Waals surface area (Å²) >= 11 is 1.47. The number of methoxy groups -OCH3 is 1. The van der Waals surface area contributed by atoms with Gasteiger partial charge in [0, 0.05) is 18.5 Å². The molecule has 0 heterocycles. The summed E-state index contributed by atoms with van der Waals surface area (Å²) < 4.78 is 4.12. The lowest BCUT2D eigenvalue weighted by Crippen LogP contribution is -2.36. The molecule has 84 valence electrons. The Bertz CT molecular complexity index is 198. The fraction of sp³-hybridized carbons (Fsp3) is 0.900. The number of rotatable bonds is 5. The Morgan fingerprint density at radius 1 is 1.36 bits per heavy atom. The Morgan fingerprint density at radius 2 is 1.86 bits per heavy atom. The van der Waals surface area contributed by atoms with Crippen molar-refractivity contribution in [3.63, 3.8) is 0 Å². The summed E-state index contributed by atoms with van der Waals surface area (Å²) in [5, 5.41) is 9.15. The Kier molecular flexibility index (Phi) is 4.95. The lowest BCUT2D eigenvalue weighted by atomic mass is 10.1. The molecule has 0 aliphatic rings. The predicted molar refractivity (Wildman–Crippen MR) is 59.9 cm³/mol. The molecule has 1 atom stereocenters. The maximum absolute atomic E-state index is 11.1. The van der Waals surface area contributed by atoms with Crippen molar-refractivity contribution >= 4 is 17.7 Å². The summed E-state index contributed by atoms with van der Waals surface area (Å²) in [4.78, 5) is 11.1. The average Bonchev–Trinajstić information content (AvgIpc) is 1.97. The minimum atomic E-state index is -0.769. The van der Waals surface area contributed by atoms with Gasteiger partial charge in [0.1, 0.15) is 4.75 Å². The van der Waals surface area contributed by atoms with Gasteiger partial charge in [-0.15, -0.1) is 11.8 Å². The van der Waals surface area contributed by atoms with E-state index in [1.54, 1.807) is 14.0 Å². The molecule has 0 aromatic carbocycles. The van der Waals surface area contributed by atoms with Crippen LogP contribution in [0.2, 0.25) is 0 Å². The highest BCUT2D eigenvalue weighted by Crippen LogP contribution is 2.38. The summed E-state index contributed by atoms with van der Waals surface area (Å²) in [6, 6.07) is 0. The number of ether oxygens (including phenoxy) is 1. The summed E-state index contributed by atoms with van der Waals surface area (Å²) in [6.45, 7) is 8.29. The topological polar surface area (TPSA) is 46.5 Å². The number of hydrogen-bond donors (Lipinski definition) is 1. The highest BCUT2D eigenvalue weighted by molar-refractivity contribution is 8.02. The molecule has 0 saturated carbocycles. The molecule has 0 amide bonds. The zero-order valence-electron chi connectivity index (χ0n) is 9.59. The van der Waals surface area contributed by atoms with E-state index >= 15 is 0 Å². The molecule has 0 radical (unpaired) electrons. The molecule has 14 heavy (non-hydrogen) atoms. The van der Waals surface area contributed by atoms with Crippen LogP contribution in [0.1, 0.15) is 34.1 Å². The Hall–Kier alpha value is -0.220. The minimum absolute atomic E-state index is 0.0547. The number of hydrogen-bond acceptors (Lipinski definition) is 3. The second kappa shape index (κ2) is 5.03. The van der Waals surface area contributed by atoms with Crippen LogP contribution in [0.4, 0.5) is 0 Å². The summed E-state index contributed by atoms with van der Waals surface area (Å²) in [5.41, 5.74) is 0. The van der Waals surface area contributed by atoms with Gasteiger partial charge in [0.15, 0.2) is 0 Å². The molecular weight excluding hydrogens is 200 g/mol. The van der Waals surface area contributed by atoms with Crippen LogP contribution in [0, 0.1) is 0 Å². The van der Waals surface area contributed by atoms with E-state index in [-0.39, 0.29) is 4.75 Å². The first-order valence-corrected chi connectivity index (χ1v) is 5.45. The Balaban J connectivity index is 4.48. The van der Waals surface area contributed by atoms with Crippen molar-refractivity contribution in [1.29, 1.82) is 0 Å². The standard InChI is InChI=1S/C10H20O3S/c1-9(2,3)14-10(4,8(11)12)6-7-13-5/h6-7H2,1-5H3,(H,11,12). The first kappa shape index (κ1) is 13.8. The third-order valence-corrected chi connectivity index (χ3v) is 3.21. The van der Waals surface area contributed by atoms with Crippen molar-refractivity contribution < 1.29 is 14.6 Å². The zero-order chi connectivity index (χ0) is 11.4. The molecule has 0 spiro atoms. The molecule has 0 bridgehead atoms. The molecule has 0 fully saturated rings. The third kappa shape index (κ3) is 4.86. The smallest absolute Gasteiger partial charge is 0.319 e. The van der Waals surface area contributed by atoms with E-state index in [2.05, 4.69) is 0 Å². The van der Waals surface area contributed by atoms with Crippen LogP contribution >= 0.6 is 11.8 Å². The van der Waals surface area contributed by atoms with E-state index in [1.165, 1.54) is 11.8 Å². The maximum atomic E-state index is 11.1. The number of thioether (sulfide) groups is 1. The van der Waals surface area contributed by atoms with E-state index in [0.717, 1.165) is 0 Å². The van der Waals surface area contributed by atoms with Crippen molar-refractivity contribution in [3.05, 3.63) is 0 Å². The maximum Gasteiger partial charge on any atom is 0.319 e. The second-order valence-electron chi connectivity index (χ2n) is 4.49. The van der Waals surface area contributed by atoms with Crippen LogP contribution in [-0.4, -0.2) is 34.3 Å². The monoisotopic (exact) mass is 220 g/mol. The molecule has 0 rings (SSSR count). The predicted octanol–water partition coefficient (Wildman–Crippen LogP) is 2.40. The Morgan fingerprint density at radius 3 is 2.14 bits per heavy atom. The summed E-state index contributed by atoms with van der Waals surface area (Å²) in [7, 11) is 1.59. The fourth-order valence-corrected chi connectivity index (χ4v) is 2.80. The molecule has 0 aliphatic heterocycles. The molecule has 3 nitrogen and oxygen atoms in total. The Labute approximate surface area is 90.2 Å². The van der Waals surface area contributed by atoms with Crippen LogP contribution in [0.3, 0.4) is 0 Å². The van der Waals surface area contributed by atoms with Gasteiger partial charge >= 0.3 is 5.97 Å². The lowest BCUT2D eigenvalue weighted by molar-refractivity contribution is -0.139. The highest BCUT2D eigenvalue weighted by Gasteiger charge is 2.37. The first-order valence-electron chi connectivity index (χ1n) is 4.64. The SMILES string of the molecule is COCCC(C)(SC(C)(C)C)C(=O)O. The fourth-order valence-electron chi connectivity index (χ4n) is 1.17. The van der Waals surface area contributed by atoms with Crippen molar-refractivity contribution in [2.45, 2.75) is 43.6 Å². The van der Waals surface area contributed by atoms with Crippen molar-refractivity contribution in [3.8, 4) is 0 Å². The molecule has 0 saturated heterocycles. The van der Waals surface area contributed by atoms with Gasteiger partial charge in [-0.2, -0.15) is 0 Å². The lowest BCUT2D eigenvalue weighted by Gasteiger charge is -2.31. The van der Waals surface area contributed by atoms with Crippen molar-refractivity contribution in [2.75, 3.05) is 13.7 Å². The number of carboxylic acid groups (broad SMARTS) is 1.